The number of carbonyl (C=O) groups excluding carboxylic acids is 5. The number of methoxy groups -OCH3 is 1. The van der Waals surface area contributed by atoms with Gasteiger partial charge in [-0.05, 0) is 0 Å². The second kappa shape index (κ2) is 10.7. The van der Waals surface area contributed by atoms with Crippen LogP contribution in [0.2, 0.25) is 0 Å². The molecule has 0 aromatic carbocycles. The molecule has 0 unspecified atom stereocenters. The Kier molecular flexibility index (Phi) is 8.29. The fraction of sp³-hybridized carbons (Fsp3) is 0.579. The number of nitrogens with zero attached hydrogens (tertiary/aromatic N) is 2. The van der Waals surface area contributed by atoms with Crippen LogP contribution in [0.1, 0.15) is 50.0 Å². The zero-order valence-electron chi connectivity index (χ0n) is 18.2. The molecule has 0 spiro atoms. The number of hydrogen-bond donors (Lipinski definition) is 0. The molecule has 1 aromatic heterocycles. The molecule has 1 aromatic rings. The fourth-order valence-corrected chi connectivity index (χ4v) is 3.02. The second-order valence-electron chi connectivity index (χ2n) is 6.77. The molecule has 0 saturated carbocycles. The molecular formula is C19H24N2O11. The van der Waals surface area contributed by atoms with Crippen molar-refractivity contribution in [3.8, 4) is 0 Å². The van der Waals surface area contributed by atoms with Crippen molar-refractivity contribution in [1.29, 1.82) is 0 Å². The van der Waals surface area contributed by atoms with Crippen LogP contribution in [0.3, 0.4) is 0 Å². The van der Waals surface area contributed by atoms with Gasteiger partial charge in [0.15, 0.2) is 24.1 Å². The summed E-state index contributed by atoms with van der Waals surface area (Å²) in [6.45, 7) is 4.11. The fourth-order valence-electron chi connectivity index (χ4n) is 3.02. The highest BCUT2D eigenvalue weighted by atomic mass is 16.7. The minimum absolute atomic E-state index is 0.161. The van der Waals surface area contributed by atoms with Gasteiger partial charge in [0.2, 0.25) is 0 Å². The number of ether oxygens (including phenoxy) is 6. The van der Waals surface area contributed by atoms with Crippen LogP contribution in [-0.4, -0.2) is 71.7 Å². The van der Waals surface area contributed by atoms with E-state index in [2.05, 4.69) is 5.10 Å². The van der Waals surface area contributed by atoms with Gasteiger partial charge in [0.1, 0.15) is 19.3 Å². The van der Waals surface area contributed by atoms with Gasteiger partial charge in [0, 0.05) is 39.5 Å². The lowest BCUT2D eigenvalue weighted by Gasteiger charge is -2.23. The predicted molar refractivity (Wildman–Crippen MR) is 101 cm³/mol. The predicted octanol–water partition coefficient (Wildman–Crippen LogP) is 0.0567. The van der Waals surface area contributed by atoms with Gasteiger partial charge in [-0.25, -0.2) is 9.48 Å². The largest absolute Gasteiger partial charge is 0.464 e. The first-order valence-corrected chi connectivity index (χ1v) is 9.46. The molecule has 32 heavy (non-hydrogen) atoms. The first-order valence-electron chi connectivity index (χ1n) is 9.46. The van der Waals surface area contributed by atoms with Crippen molar-refractivity contribution >= 4 is 29.8 Å². The van der Waals surface area contributed by atoms with Crippen LogP contribution >= 0.6 is 0 Å². The molecule has 1 saturated heterocycles. The summed E-state index contributed by atoms with van der Waals surface area (Å²) < 4.78 is 32.2. The van der Waals surface area contributed by atoms with Crippen molar-refractivity contribution in [2.75, 3.05) is 13.7 Å². The van der Waals surface area contributed by atoms with E-state index >= 15 is 0 Å². The van der Waals surface area contributed by atoms with Gasteiger partial charge in [-0.1, -0.05) is 0 Å². The molecule has 1 aliphatic rings. The number of hydrogen-bond acceptors (Lipinski definition) is 12. The van der Waals surface area contributed by atoms with Crippen LogP contribution in [0.25, 0.3) is 0 Å². The molecule has 0 amide bonds. The van der Waals surface area contributed by atoms with Crippen molar-refractivity contribution in [2.24, 2.45) is 0 Å². The summed E-state index contributed by atoms with van der Waals surface area (Å²) in [5.41, 5.74) is 0.0381. The van der Waals surface area contributed by atoms with E-state index in [-0.39, 0.29) is 24.5 Å². The normalized spacial score (nSPS) is 22.0. The average Bonchev–Trinajstić information content (AvgIpc) is 3.25. The smallest absolute Gasteiger partial charge is 0.358 e. The van der Waals surface area contributed by atoms with E-state index in [9.17, 15) is 24.0 Å². The van der Waals surface area contributed by atoms with Crippen molar-refractivity contribution in [1.82, 2.24) is 9.78 Å². The molecule has 176 valence electrons. The summed E-state index contributed by atoms with van der Waals surface area (Å²) >= 11 is 0. The summed E-state index contributed by atoms with van der Waals surface area (Å²) in [5.74, 6) is -3.37. The zero-order valence-corrected chi connectivity index (χ0v) is 18.2. The third kappa shape index (κ3) is 6.26. The van der Waals surface area contributed by atoms with Crippen LogP contribution in [-0.2, 0) is 54.2 Å². The molecule has 4 atom stereocenters. The molecule has 2 rings (SSSR count). The third-order valence-electron chi connectivity index (χ3n) is 4.22. The Balaban J connectivity index is 2.45. The molecule has 0 N–H and O–H groups in total. The molecule has 0 bridgehead atoms. The van der Waals surface area contributed by atoms with Crippen molar-refractivity contribution in [3.63, 3.8) is 0 Å². The van der Waals surface area contributed by atoms with Crippen LogP contribution < -0.4 is 0 Å². The Hall–Kier alpha value is -3.48. The van der Waals surface area contributed by atoms with Gasteiger partial charge < -0.3 is 28.4 Å². The topological polar surface area (TPSA) is 159 Å². The highest BCUT2D eigenvalue weighted by molar-refractivity contribution is 5.88. The lowest BCUT2D eigenvalue weighted by atomic mass is 10.1. The van der Waals surface area contributed by atoms with E-state index < -0.39 is 54.4 Å². The van der Waals surface area contributed by atoms with E-state index in [1.807, 2.05) is 0 Å². The third-order valence-corrected chi connectivity index (χ3v) is 4.22. The standard InChI is InChI=1S/C19H24N2O11/c1-9(22)28-7-13-6-21(20-15(13)19(26)27-5)18-17(31-12(4)25)16(30-11(3)24)14(32-18)8-29-10(2)23/h6,14,16-18H,7-8H2,1-5H3/t14-,16-,17-,18-/m1/s1. The van der Waals surface area contributed by atoms with Gasteiger partial charge in [0.25, 0.3) is 0 Å². The van der Waals surface area contributed by atoms with Crippen molar-refractivity contribution < 1.29 is 52.4 Å². The van der Waals surface area contributed by atoms with Gasteiger partial charge in [-0.3, -0.25) is 19.2 Å². The lowest BCUT2D eigenvalue weighted by molar-refractivity contribution is -0.166. The molecule has 1 fully saturated rings. The summed E-state index contributed by atoms with van der Waals surface area (Å²) in [6.07, 6.45) is -3.15. The van der Waals surface area contributed by atoms with Crippen LogP contribution in [0, 0.1) is 0 Å². The van der Waals surface area contributed by atoms with Gasteiger partial charge in [-0.2, -0.15) is 5.10 Å². The molecule has 0 radical (unpaired) electrons. The average molecular weight is 456 g/mol. The number of carbonyl (C=O) groups is 5. The van der Waals surface area contributed by atoms with E-state index in [0.717, 1.165) is 25.6 Å². The van der Waals surface area contributed by atoms with Crippen LogP contribution in [0.15, 0.2) is 6.20 Å². The Morgan fingerprint density at radius 1 is 0.938 bits per heavy atom. The first kappa shape index (κ1) is 24.8. The number of aromatic nitrogens is 2. The van der Waals surface area contributed by atoms with E-state index in [4.69, 9.17) is 28.4 Å². The highest BCUT2D eigenvalue weighted by Crippen LogP contribution is 2.34. The summed E-state index contributed by atoms with van der Waals surface area (Å²) in [5, 5.41) is 4.13. The van der Waals surface area contributed by atoms with E-state index in [1.165, 1.54) is 20.0 Å². The van der Waals surface area contributed by atoms with Crippen molar-refractivity contribution in [2.45, 2.75) is 58.8 Å². The van der Waals surface area contributed by atoms with Crippen LogP contribution in [0.5, 0.6) is 0 Å². The Morgan fingerprint density at radius 3 is 2.06 bits per heavy atom. The zero-order chi connectivity index (χ0) is 24.0. The summed E-state index contributed by atoms with van der Waals surface area (Å²) in [4.78, 5) is 57.9. The maximum absolute atomic E-state index is 12.1. The Labute approximate surface area is 182 Å². The maximum atomic E-state index is 12.1. The minimum atomic E-state index is -1.19. The van der Waals surface area contributed by atoms with Gasteiger partial charge in [0.05, 0.1) is 7.11 Å². The summed E-state index contributed by atoms with van der Waals surface area (Å²) in [6, 6.07) is 0. The lowest BCUT2D eigenvalue weighted by Crippen LogP contribution is -2.40. The SMILES string of the molecule is COC(=O)c1nn([C@@H]2O[C@H](COC(C)=O)[C@@H](OC(C)=O)[C@H]2OC(C)=O)cc1COC(C)=O. The highest BCUT2D eigenvalue weighted by Gasteiger charge is 2.51. The second-order valence-corrected chi connectivity index (χ2v) is 6.77. The molecule has 13 nitrogen and oxygen atoms in total. The Bertz CT molecular complexity index is 894. The Morgan fingerprint density at radius 2 is 1.53 bits per heavy atom. The van der Waals surface area contributed by atoms with E-state index in [0.29, 0.717) is 0 Å². The van der Waals surface area contributed by atoms with E-state index in [1.54, 1.807) is 0 Å². The first-order chi connectivity index (χ1) is 15.0. The summed E-state index contributed by atoms with van der Waals surface area (Å²) in [7, 11) is 1.15. The van der Waals surface area contributed by atoms with Gasteiger partial charge >= 0.3 is 29.8 Å². The monoisotopic (exact) mass is 456 g/mol. The van der Waals surface area contributed by atoms with Crippen molar-refractivity contribution in [3.05, 3.63) is 17.5 Å². The quantitative estimate of drug-likeness (QED) is 0.383. The number of rotatable bonds is 8. The molecule has 2 heterocycles. The van der Waals surface area contributed by atoms with Gasteiger partial charge in [-0.15, -0.1) is 0 Å². The molecule has 1 aliphatic heterocycles. The minimum Gasteiger partial charge on any atom is -0.464 e. The molecule has 0 aliphatic carbocycles. The molecular weight excluding hydrogens is 432 g/mol. The number of esters is 5. The molecule has 13 heteroatoms. The van der Waals surface area contributed by atoms with Crippen LogP contribution in [0.4, 0.5) is 0 Å². The maximum Gasteiger partial charge on any atom is 0.358 e.